The average molecular weight is 344 g/mol. The van der Waals surface area contributed by atoms with Gasteiger partial charge in [-0.15, -0.1) is 0 Å². The van der Waals surface area contributed by atoms with Crippen molar-refractivity contribution in [3.63, 3.8) is 0 Å². The molecule has 1 atom stereocenters. The molecule has 134 valence electrons. The Hall–Kier alpha value is -2.38. The minimum Gasteiger partial charge on any atom is -0.497 e. The molecule has 3 rings (SSSR count). The maximum atomic E-state index is 5.50. The van der Waals surface area contributed by atoms with E-state index in [4.69, 9.17) is 14.2 Å². The highest BCUT2D eigenvalue weighted by Crippen LogP contribution is 2.25. The zero-order valence-corrected chi connectivity index (χ0v) is 14.6. The lowest BCUT2D eigenvalue weighted by molar-refractivity contribution is 0.0187. The Morgan fingerprint density at radius 3 is 2.56 bits per heavy atom. The van der Waals surface area contributed by atoms with E-state index in [0.29, 0.717) is 5.88 Å². The van der Waals surface area contributed by atoms with Crippen LogP contribution in [0.25, 0.3) is 0 Å². The Labute approximate surface area is 147 Å². The number of rotatable bonds is 7. The number of aromatic nitrogens is 2. The fourth-order valence-corrected chi connectivity index (χ4v) is 2.92. The van der Waals surface area contributed by atoms with Gasteiger partial charge in [0, 0.05) is 25.7 Å². The molecule has 0 aliphatic carbocycles. The van der Waals surface area contributed by atoms with Crippen LogP contribution in [0.2, 0.25) is 0 Å². The predicted octanol–water partition coefficient (Wildman–Crippen LogP) is 1.98. The van der Waals surface area contributed by atoms with Crippen LogP contribution in [0.1, 0.15) is 11.6 Å². The van der Waals surface area contributed by atoms with Crippen molar-refractivity contribution in [2.75, 3.05) is 52.4 Å². The van der Waals surface area contributed by atoms with E-state index in [-0.39, 0.29) is 6.04 Å². The largest absolute Gasteiger partial charge is 0.497 e. The molecule has 25 heavy (non-hydrogen) atoms. The zero-order chi connectivity index (χ0) is 17.5. The summed E-state index contributed by atoms with van der Waals surface area (Å²) in [7, 11) is 3.28. The highest BCUT2D eigenvalue weighted by molar-refractivity contribution is 5.38. The number of morpholine rings is 1. The van der Waals surface area contributed by atoms with Crippen LogP contribution >= 0.6 is 0 Å². The second-order valence-corrected chi connectivity index (χ2v) is 5.76. The van der Waals surface area contributed by atoms with E-state index in [0.717, 1.165) is 44.4 Å². The van der Waals surface area contributed by atoms with Gasteiger partial charge in [-0.2, -0.15) is 0 Å². The molecule has 0 unspecified atom stereocenters. The minimum atomic E-state index is 0.218. The number of anilines is 1. The summed E-state index contributed by atoms with van der Waals surface area (Å²) in [5.74, 6) is 2.15. The smallest absolute Gasteiger partial charge is 0.218 e. The molecule has 2 aromatic rings. The van der Waals surface area contributed by atoms with Crippen LogP contribution in [-0.2, 0) is 4.74 Å². The van der Waals surface area contributed by atoms with Gasteiger partial charge in [0.25, 0.3) is 0 Å². The van der Waals surface area contributed by atoms with E-state index in [1.165, 1.54) is 11.9 Å². The van der Waals surface area contributed by atoms with Crippen molar-refractivity contribution < 1.29 is 14.2 Å². The van der Waals surface area contributed by atoms with Crippen molar-refractivity contribution in [1.82, 2.24) is 14.9 Å². The lowest BCUT2D eigenvalue weighted by Gasteiger charge is -2.35. The first-order valence-electron chi connectivity index (χ1n) is 8.36. The Morgan fingerprint density at radius 2 is 1.88 bits per heavy atom. The molecular formula is C18H24N4O3. The van der Waals surface area contributed by atoms with Crippen molar-refractivity contribution in [3.05, 3.63) is 42.2 Å². The topological polar surface area (TPSA) is 68.7 Å². The summed E-state index contributed by atoms with van der Waals surface area (Å²) in [5, 5.41) is 3.40. The lowest BCUT2D eigenvalue weighted by atomic mass is 10.0. The maximum Gasteiger partial charge on any atom is 0.218 e. The molecule has 7 nitrogen and oxygen atoms in total. The van der Waals surface area contributed by atoms with E-state index in [9.17, 15) is 0 Å². The summed E-state index contributed by atoms with van der Waals surface area (Å²) < 4.78 is 15.9. The first kappa shape index (κ1) is 17.4. The van der Waals surface area contributed by atoms with Gasteiger partial charge in [0.2, 0.25) is 5.88 Å². The third-order valence-corrected chi connectivity index (χ3v) is 4.31. The van der Waals surface area contributed by atoms with Gasteiger partial charge < -0.3 is 19.5 Å². The van der Waals surface area contributed by atoms with Gasteiger partial charge in [-0.1, -0.05) is 12.1 Å². The SMILES string of the molecule is COc1ccc([C@@H](CNc2cc(OC)ncn2)N2CCOCC2)cc1. The van der Waals surface area contributed by atoms with Crippen molar-refractivity contribution in [2.24, 2.45) is 0 Å². The van der Waals surface area contributed by atoms with Crippen LogP contribution in [0.5, 0.6) is 11.6 Å². The zero-order valence-electron chi connectivity index (χ0n) is 14.6. The summed E-state index contributed by atoms with van der Waals surface area (Å²) in [6, 6.07) is 10.2. The van der Waals surface area contributed by atoms with Gasteiger partial charge in [0.1, 0.15) is 17.9 Å². The molecule has 1 aromatic heterocycles. The van der Waals surface area contributed by atoms with Crippen molar-refractivity contribution in [3.8, 4) is 11.6 Å². The van der Waals surface area contributed by atoms with E-state index < -0.39 is 0 Å². The van der Waals surface area contributed by atoms with E-state index >= 15 is 0 Å². The van der Waals surface area contributed by atoms with Crippen LogP contribution in [0.3, 0.4) is 0 Å². The van der Waals surface area contributed by atoms with Gasteiger partial charge >= 0.3 is 0 Å². The molecule has 0 radical (unpaired) electrons. The van der Waals surface area contributed by atoms with Crippen LogP contribution in [-0.4, -0.2) is 61.9 Å². The summed E-state index contributed by atoms with van der Waals surface area (Å²) in [6.07, 6.45) is 1.50. The van der Waals surface area contributed by atoms with E-state index in [2.05, 4.69) is 32.3 Å². The molecule has 0 spiro atoms. The summed E-state index contributed by atoms with van der Waals surface area (Å²) in [5.41, 5.74) is 1.23. The Bertz CT molecular complexity index is 660. The molecule has 1 saturated heterocycles. The predicted molar refractivity (Wildman–Crippen MR) is 95.2 cm³/mol. The number of benzene rings is 1. The van der Waals surface area contributed by atoms with Crippen molar-refractivity contribution in [2.45, 2.75) is 6.04 Å². The second kappa shape index (κ2) is 8.64. The van der Waals surface area contributed by atoms with Gasteiger partial charge in [-0.25, -0.2) is 9.97 Å². The summed E-state index contributed by atoms with van der Waals surface area (Å²) in [4.78, 5) is 10.7. The maximum absolute atomic E-state index is 5.50. The molecule has 1 N–H and O–H groups in total. The quantitative estimate of drug-likeness (QED) is 0.823. The molecule has 1 aromatic carbocycles. The van der Waals surface area contributed by atoms with Crippen LogP contribution in [0.15, 0.2) is 36.7 Å². The number of methoxy groups -OCH3 is 2. The van der Waals surface area contributed by atoms with Gasteiger partial charge in [-0.3, -0.25) is 4.90 Å². The molecule has 7 heteroatoms. The molecule has 1 aliphatic rings. The fourth-order valence-electron chi connectivity index (χ4n) is 2.92. The average Bonchev–Trinajstić information content (AvgIpc) is 2.69. The second-order valence-electron chi connectivity index (χ2n) is 5.76. The summed E-state index contributed by atoms with van der Waals surface area (Å²) >= 11 is 0. The first-order chi connectivity index (χ1) is 12.3. The molecule has 0 saturated carbocycles. The first-order valence-corrected chi connectivity index (χ1v) is 8.36. The number of nitrogens with zero attached hydrogens (tertiary/aromatic N) is 3. The minimum absolute atomic E-state index is 0.218. The number of ether oxygens (including phenoxy) is 3. The van der Waals surface area contributed by atoms with E-state index in [1.807, 2.05) is 12.1 Å². The summed E-state index contributed by atoms with van der Waals surface area (Å²) in [6.45, 7) is 4.06. The lowest BCUT2D eigenvalue weighted by Crippen LogP contribution is -2.41. The van der Waals surface area contributed by atoms with Gasteiger partial charge in [-0.05, 0) is 17.7 Å². The number of hydrogen-bond donors (Lipinski definition) is 1. The molecule has 2 heterocycles. The van der Waals surface area contributed by atoms with Crippen LogP contribution in [0, 0.1) is 0 Å². The highest BCUT2D eigenvalue weighted by atomic mass is 16.5. The molecule has 0 bridgehead atoms. The van der Waals surface area contributed by atoms with Gasteiger partial charge in [0.05, 0.1) is 33.5 Å². The van der Waals surface area contributed by atoms with Crippen LogP contribution < -0.4 is 14.8 Å². The Balaban J connectivity index is 1.75. The fraction of sp³-hybridized carbons (Fsp3) is 0.444. The highest BCUT2D eigenvalue weighted by Gasteiger charge is 2.22. The number of nitrogens with one attached hydrogen (secondary N) is 1. The van der Waals surface area contributed by atoms with Gasteiger partial charge in [0.15, 0.2) is 0 Å². The van der Waals surface area contributed by atoms with Crippen molar-refractivity contribution >= 4 is 5.82 Å². The van der Waals surface area contributed by atoms with E-state index in [1.54, 1.807) is 20.3 Å². The standard InChI is InChI=1S/C18H24N4O3/c1-23-15-5-3-14(4-6-15)16(22-7-9-25-10-8-22)12-19-17-11-18(24-2)21-13-20-17/h3-6,11,13,16H,7-10,12H2,1-2H3,(H,19,20,21)/t16-/m1/s1. The molecule has 0 amide bonds. The molecule has 1 fully saturated rings. The van der Waals surface area contributed by atoms with Crippen molar-refractivity contribution in [1.29, 1.82) is 0 Å². The molecular weight excluding hydrogens is 320 g/mol. The normalized spacial score (nSPS) is 16.2. The third kappa shape index (κ3) is 4.58. The number of hydrogen-bond acceptors (Lipinski definition) is 7. The monoisotopic (exact) mass is 344 g/mol. The Kier molecular flexibility index (Phi) is 6.03. The third-order valence-electron chi connectivity index (χ3n) is 4.31. The Morgan fingerprint density at radius 1 is 1.12 bits per heavy atom. The van der Waals surface area contributed by atoms with Crippen LogP contribution in [0.4, 0.5) is 5.82 Å². The molecule has 1 aliphatic heterocycles.